The molecule has 0 aliphatic heterocycles. The molecule has 1 aliphatic carbocycles. The molecular weight excluding hydrogens is 795 g/mol. The minimum Gasteiger partial charge on any atom is -0.455 e. The molecule has 0 saturated carbocycles. The summed E-state index contributed by atoms with van der Waals surface area (Å²) in [5.41, 5.74) is 15.8. The number of furan rings is 1. The molecule has 0 unspecified atom stereocenters. The molecule has 0 radical (unpaired) electrons. The van der Waals surface area contributed by atoms with Crippen LogP contribution in [-0.2, 0) is 5.41 Å². The summed E-state index contributed by atoms with van der Waals surface area (Å²) in [6.45, 7) is 13.3. The second-order valence-corrected chi connectivity index (χ2v) is 17.9. The van der Waals surface area contributed by atoms with Gasteiger partial charge < -0.3 is 18.1 Å². The van der Waals surface area contributed by atoms with Crippen LogP contribution in [0.5, 0.6) is 0 Å². The predicted octanol–water partition coefficient (Wildman–Crippen LogP) is 15.6. The Morgan fingerprint density at radius 1 is 0.492 bits per heavy atom. The van der Waals surface area contributed by atoms with E-state index in [1.54, 1.807) is 0 Å². The average molecular weight is 830 g/mol. The fraction of sp³-hybridized carbons (Fsp3) is 0.0508. The summed E-state index contributed by atoms with van der Waals surface area (Å²) in [5, 5.41) is 19.9. The number of fused-ring (bicyclic) bond motifs is 16. The molecule has 0 spiro atoms. The van der Waals surface area contributed by atoms with Crippen LogP contribution in [0.15, 0.2) is 180 Å². The quantitative estimate of drug-likeness (QED) is 0.167. The van der Waals surface area contributed by atoms with Gasteiger partial charge in [-0.15, -0.1) is 0 Å². The first kappa shape index (κ1) is 35.7. The number of nitriles is 1. The smallest absolute Gasteiger partial charge is 0.212 e. The zero-order valence-corrected chi connectivity index (χ0v) is 35.4. The maximum Gasteiger partial charge on any atom is 0.212 e. The van der Waals surface area contributed by atoms with Crippen molar-refractivity contribution >= 4 is 93.0 Å². The largest absolute Gasteiger partial charge is 0.455 e. The van der Waals surface area contributed by atoms with Crippen molar-refractivity contribution in [3.63, 3.8) is 0 Å². The zero-order valence-electron chi connectivity index (χ0n) is 35.4. The van der Waals surface area contributed by atoms with Gasteiger partial charge in [0.2, 0.25) is 5.69 Å². The summed E-state index contributed by atoms with van der Waals surface area (Å²) in [6.07, 6.45) is 0. The Morgan fingerprint density at radius 2 is 1.11 bits per heavy atom. The van der Waals surface area contributed by atoms with E-state index < -0.39 is 0 Å². The SMILES string of the molecule is [C-]#[N+]c1cc(-n2c3ccc(-n4c5ccccc5c5ccccc54)cc3c3cc4c(cc32)C(C)(C)c2ccccc2-4)c(C#N)cc1-n1c2ccccc2c2c3oc4ccccc4c3ccc21. The topological polar surface area (TPSA) is 56.1 Å². The van der Waals surface area contributed by atoms with E-state index in [1.165, 1.54) is 33.0 Å². The third kappa shape index (κ3) is 4.60. The highest BCUT2D eigenvalue weighted by molar-refractivity contribution is 6.24. The summed E-state index contributed by atoms with van der Waals surface area (Å²) in [7, 11) is 0. The number of rotatable bonds is 3. The van der Waals surface area contributed by atoms with E-state index in [0.29, 0.717) is 22.6 Å². The average Bonchev–Trinajstić information content (AvgIpc) is 4.13. The Labute approximate surface area is 372 Å². The summed E-state index contributed by atoms with van der Waals surface area (Å²) >= 11 is 0. The van der Waals surface area contributed by atoms with Gasteiger partial charge in [-0.25, -0.2) is 4.85 Å². The molecule has 4 heterocycles. The van der Waals surface area contributed by atoms with Crippen molar-refractivity contribution in [2.45, 2.75) is 19.3 Å². The van der Waals surface area contributed by atoms with Crippen LogP contribution < -0.4 is 0 Å². The lowest BCUT2D eigenvalue weighted by Crippen LogP contribution is -2.15. The van der Waals surface area contributed by atoms with E-state index in [4.69, 9.17) is 11.0 Å². The summed E-state index contributed by atoms with van der Waals surface area (Å²) in [4.78, 5) is 4.24. The van der Waals surface area contributed by atoms with Crippen molar-refractivity contribution < 1.29 is 4.42 Å². The van der Waals surface area contributed by atoms with E-state index in [9.17, 15) is 5.26 Å². The van der Waals surface area contributed by atoms with Crippen LogP contribution in [0.25, 0.3) is 120 Å². The molecule has 6 nitrogen and oxygen atoms in total. The normalized spacial score (nSPS) is 13.2. The number of nitrogens with zero attached hydrogens (tertiary/aromatic N) is 5. The van der Waals surface area contributed by atoms with Crippen LogP contribution >= 0.6 is 0 Å². The molecule has 14 rings (SSSR count). The van der Waals surface area contributed by atoms with E-state index in [1.807, 2.05) is 42.5 Å². The molecule has 6 heteroatoms. The first-order chi connectivity index (χ1) is 31.9. The van der Waals surface area contributed by atoms with Gasteiger partial charge in [0.15, 0.2) is 0 Å². The van der Waals surface area contributed by atoms with Gasteiger partial charge in [0.05, 0.1) is 62.0 Å². The van der Waals surface area contributed by atoms with Crippen molar-refractivity contribution in [3.8, 4) is 34.3 Å². The first-order valence-corrected chi connectivity index (χ1v) is 21.9. The van der Waals surface area contributed by atoms with E-state index in [2.05, 4.69) is 172 Å². The highest BCUT2D eigenvalue weighted by Crippen LogP contribution is 2.52. The number of hydrogen-bond donors (Lipinski definition) is 0. The molecule has 0 bridgehead atoms. The van der Waals surface area contributed by atoms with Gasteiger partial charge in [-0.2, -0.15) is 5.26 Å². The van der Waals surface area contributed by atoms with Crippen molar-refractivity contribution in [1.29, 1.82) is 5.26 Å². The molecule has 0 amide bonds. The minimum atomic E-state index is -0.249. The standard InChI is InChI=1S/C59H35N5O/c1-59(2)45-19-9-4-14-36(45)42-30-44-43-29-35(62-48-20-10-5-15-37(48)38-16-6-11-21-49(38)62)24-26-51(43)64(54(44)31-46(42)59)53-32-47(61-3)55(28-34(53)33-60)63-50-22-12-7-18-41(50)57-52(63)27-25-40-39-17-8-13-23-56(39)65-58(40)57/h4-32H,1-2H3. The Bertz CT molecular complexity index is 4310. The van der Waals surface area contributed by atoms with Gasteiger partial charge in [-0.1, -0.05) is 111 Å². The van der Waals surface area contributed by atoms with E-state index in [-0.39, 0.29) is 5.41 Å². The maximum atomic E-state index is 11.3. The van der Waals surface area contributed by atoms with Gasteiger partial charge in [-0.3, -0.25) is 0 Å². The lowest BCUT2D eigenvalue weighted by atomic mass is 9.82. The van der Waals surface area contributed by atoms with Crippen molar-refractivity contribution in [3.05, 3.63) is 204 Å². The molecule has 302 valence electrons. The number of para-hydroxylation sites is 4. The molecule has 65 heavy (non-hydrogen) atoms. The van der Waals surface area contributed by atoms with Crippen molar-refractivity contribution in [2.24, 2.45) is 0 Å². The third-order valence-electron chi connectivity index (χ3n) is 14.3. The Balaban J connectivity index is 1.06. The highest BCUT2D eigenvalue weighted by Gasteiger charge is 2.36. The third-order valence-corrected chi connectivity index (χ3v) is 14.3. The van der Waals surface area contributed by atoms with Gasteiger partial charge in [0.1, 0.15) is 17.2 Å². The number of aromatic nitrogens is 3. The number of hydrogen-bond acceptors (Lipinski definition) is 2. The number of benzene rings is 9. The zero-order chi connectivity index (χ0) is 43.3. The van der Waals surface area contributed by atoms with Gasteiger partial charge in [-0.05, 0) is 101 Å². The van der Waals surface area contributed by atoms with Gasteiger partial charge >= 0.3 is 0 Å². The molecule has 0 atom stereocenters. The molecule has 0 N–H and O–H groups in total. The van der Waals surface area contributed by atoms with E-state index in [0.717, 1.165) is 82.3 Å². The lowest BCUT2D eigenvalue weighted by molar-refractivity contribution is 0.661. The monoisotopic (exact) mass is 829 g/mol. The predicted molar refractivity (Wildman–Crippen MR) is 265 cm³/mol. The summed E-state index contributed by atoms with van der Waals surface area (Å²) in [6, 6.07) is 64.4. The van der Waals surface area contributed by atoms with Crippen LogP contribution in [0.1, 0.15) is 30.5 Å². The van der Waals surface area contributed by atoms with Crippen molar-refractivity contribution in [1.82, 2.24) is 13.7 Å². The lowest BCUT2D eigenvalue weighted by Gasteiger charge is -2.22. The Hall–Kier alpha value is -8.84. The van der Waals surface area contributed by atoms with E-state index >= 15 is 0 Å². The highest BCUT2D eigenvalue weighted by atomic mass is 16.3. The molecule has 9 aromatic carbocycles. The van der Waals surface area contributed by atoms with Crippen LogP contribution in [0.4, 0.5) is 5.69 Å². The molecule has 0 fully saturated rings. The van der Waals surface area contributed by atoms with Crippen LogP contribution in [0.3, 0.4) is 0 Å². The molecule has 4 aromatic heterocycles. The van der Waals surface area contributed by atoms with Crippen molar-refractivity contribution in [2.75, 3.05) is 0 Å². The Kier molecular flexibility index (Phi) is 6.94. The van der Waals surface area contributed by atoms with Crippen LogP contribution in [0, 0.1) is 17.9 Å². The second kappa shape index (κ2) is 12.6. The fourth-order valence-electron chi connectivity index (χ4n) is 11.4. The summed E-state index contributed by atoms with van der Waals surface area (Å²) in [5.74, 6) is 0. The summed E-state index contributed by atoms with van der Waals surface area (Å²) < 4.78 is 13.3. The van der Waals surface area contributed by atoms with Crippen LogP contribution in [-0.4, -0.2) is 13.7 Å². The minimum absolute atomic E-state index is 0.249. The van der Waals surface area contributed by atoms with Gasteiger partial charge in [0.25, 0.3) is 0 Å². The maximum absolute atomic E-state index is 11.3. The van der Waals surface area contributed by atoms with Gasteiger partial charge in [0, 0.05) is 48.8 Å². The fourth-order valence-corrected chi connectivity index (χ4v) is 11.4. The first-order valence-electron chi connectivity index (χ1n) is 21.9. The molecule has 13 aromatic rings. The molecule has 0 saturated heterocycles. The van der Waals surface area contributed by atoms with Crippen LogP contribution in [0.2, 0.25) is 0 Å². The second-order valence-electron chi connectivity index (χ2n) is 17.9. The Morgan fingerprint density at radius 3 is 1.86 bits per heavy atom. The molecule has 1 aliphatic rings. The molecular formula is C59H35N5O.